The first-order valence-corrected chi connectivity index (χ1v) is 7.33. The highest BCUT2D eigenvalue weighted by atomic mass is 16.3. The number of hydrogen-bond donors (Lipinski definition) is 5. The van der Waals surface area contributed by atoms with E-state index in [1.807, 2.05) is 4.90 Å². The molecule has 0 aromatic heterocycles. The average molecular weight is 276 g/mol. The van der Waals surface area contributed by atoms with Gasteiger partial charge in [0.2, 0.25) is 0 Å². The summed E-state index contributed by atoms with van der Waals surface area (Å²) in [7, 11) is 0. The molecule has 0 saturated heterocycles. The van der Waals surface area contributed by atoms with Gasteiger partial charge < -0.3 is 20.8 Å². The van der Waals surface area contributed by atoms with Gasteiger partial charge in [0.25, 0.3) is 0 Å². The zero-order valence-electron chi connectivity index (χ0n) is 12.7. The number of aliphatic hydroxyl groups is 2. The number of nitrogens with one attached hydrogen (secondary N) is 3. The van der Waals surface area contributed by atoms with Crippen LogP contribution < -0.4 is 16.0 Å². The van der Waals surface area contributed by atoms with Crippen molar-refractivity contribution in [3.63, 3.8) is 0 Å². The van der Waals surface area contributed by atoms with E-state index in [1.54, 1.807) is 13.8 Å². The molecular formula is C13H32N4O2. The van der Waals surface area contributed by atoms with Crippen molar-refractivity contribution in [1.29, 1.82) is 0 Å². The molecule has 116 valence electrons. The van der Waals surface area contributed by atoms with Gasteiger partial charge in [-0.05, 0) is 39.8 Å². The SMILES string of the molecule is CCNCCNCN(CCCCNC(C)O)C(C)O. The lowest BCUT2D eigenvalue weighted by Gasteiger charge is -2.25. The third-order valence-corrected chi connectivity index (χ3v) is 2.88. The van der Waals surface area contributed by atoms with Crippen LogP contribution in [0.5, 0.6) is 0 Å². The molecule has 0 spiro atoms. The smallest absolute Gasteiger partial charge is 0.105 e. The van der Waals surface area contributed by atoms with E-state index in [4.69, 9.17) is 5.11 Å². The minimum atomic E-state index is -0.444. The molecule has 6 nitrogen and oxygen atoms in total. The third-order valence-electron chi connectivity index (χ3n) is 2.88. The van der Waals surface area contributed by atoms with Crippen molar-refractivity contribution in [3.05, 3.63) is 0 Å². The van der Waals surface area contributed by atoms with Crippen molar-refractivity contribution in [2.24, 2.45) is 0 Å². The Morgan fingerprint density at radius 1 is 1.00 bits per heavy atom. The molecule has 0 aliphatic carbocycles. The first-order chi connectivity index (χ1) is 9.07. The molecule has 0 saturated carbocycles. The standard InChI is InChI=1S/C13H32N4O2/c1-4-14-8-9-15-11-17(13(3)19)10-6-5-7-16-12(2)18/h12-16,18-19H,4-11H2,1-3H3. The van der Waals surface area contributed by atoms with Gasteiger partial charge in [0, 0.05) is 19.6 Å². The molecule has 2 unspecified atom stereocenters. The van der Waals surface area contributed by atoms with Crippen LogP contribution in [0, 0.1) is 0 Å². The van der Waals surface area contributed by atoms with Crippen molar-refractivity contribution in [1.82, 2.24) is 20.9 Å². The Bertz CT molecular complexity index is 191. The van der Waals surface area contributed by atoms with Crippen molar-refractivity contribution >= 4 is 0 Å². The highest BCUT2D eigenvalue weighted by Crippen LogP contribution is 1.98. The average Bonchev–Trinajstić information content (AvgIpc) is 2.35. The van der Waals surface area contributed by atoms with E-state index in [1.165, 1.54) is 0 Å². The molecule has 0 radical (unpaired) electrons. The van der Waals surface area contributed by atoms with Crippen LogP contribution in [0.15, 0.2) is 0 Å². The van der Waals surface area contributed by atoms with Gasteiger partial charge in [-0.2, -0.15) is 0 Å². The normalized spacial score (nSPS) is 14.8. The molecule has 2 atom stereocenters. The summed E-state index contributed by atoms with van der Waals surface area (Å²) in [6.45, 7) is 10.8. The molecule has 5 N–H and O–H groups in total. The van der Waals surface area contributed by atoms with Crippen LogP contribution in [-0.2, 0) is 0 Å². The first kappa shape index (κ1) is 18.8. The molecule has 0 aromatic rings. The zero-order valence-corrected chi connectivity index (χ0v) is 12.7. The molecule has 0 rings (SSSR count). The number of nitrogens with zero attached hydrogens (tertiary/aromatic N) is 1. The third kappa shape index (κ3) is 12.5. The van der Waals surface area contributed by atoms with Crippen LogP contribution in [0.4, 0.5) is 0 Å². The Morgan fingerprint density at radius 3 is 2.26 bits per heavy atom. The fraction of sp³-hybridized carbons (Fsp3) is 1.00. The topological polar surface area (TPSA) is 79.8 Å². The Hall–Kier alpha value is -0.240. The molecule has 0 bridgehead atoms. The summed E-state index contributed by atoms with van der Waals surface area (Å²) in [5.41, 5.74) is 0. The molecule has 19 heavy (non-hydrogen) atoms. The summed E-state index contributed by atoms with van der Waals surface area (Å²) in [6.07, 6.45) is 1.11. The Labute approximate surface area is 117 Å². The number of aliphatic hydroxyl groups excluding tert-OH is 2. The van der Waals surface area contributed by atoms with Crippen LogP contribution in [0.1, 0.15) is 33.6 Å². The van der Waals surface area contributed by atoms with Crippen molar-refractivity contribution in [3.8, 4) is 0 Å². The summed E-state index contributed by atoms with van der Waals surface area (Å²) < 4.78 is 0. The second-order valence-electron chi connectivity index (χ2n) is 4.79. The van der Waals surface area contributed by atoms with Gasteiger partial charge in [-0.15, -0.1) is 0 Å². The van der Waals surface area contributed by atoms with E-state index in [2.05, 4.69) is 22.9 Å². The highest BCUT2D eigenvalue weighted by molar-refractivity contribution is 4.60. The molecule has 0 heterocycles. The fourth-order valence-electron chi connectivity index (χ4n) is 1.73. The van der Waals surface area contributed by atoms with Gasteiger partial charge in [0.05, 0.1) is 6.67 Å². The van der Waals surface area contributed by atoms with Gasteiger partial charge in [-0.1, -0.05) is 6.92 Å². The van der Waals surface area contributed by atoms with Crippen LogP contribution in [-0.4, -0.2) is 67.0 Å². The zero-order chi connectivity index (χ0) is 14.5. The quantitative estimate of drug-likeness (QED) is 0.230. The van der Waals surface area contributed by atoms with E-state index in [9.17, 15) is 5.11 Å². The Balaban J connectivity index is 3.57. The first-order valence-electron chi connectivity index (χ1n) is 7.33. The van der Waals surface area contributed by atoms with Crippen LogP contribution >= 0.6 is 0 Å². The molecular weight excluding hydrogens is 244 g/mol. The monoisotopic (exact) mass is 276 g/mol. The predicted octanol–water partition coefficient (Wildman–Crippen LogP) is -0.509. The molecule has 0 aliphatic heterocycles. The Morgan fingerprint density at radius 2 is 1.68 bits per heavy atom. The lowest BCUT2D eigenvalue weighted by atomic mass is 10.3. The minimum absolute atomic E-state index is 0.434. The van der Waals surface area contributed by atoms with Crippen molar-refractivity contribution in [2.75, 3.05) is 39.4 Å². The second kappa shape index (κ2) is 12.8. The summed E-state index contributed by atoms with van der Waals surface area (Å²) in [5.74, 6) is 0. The maximum absolute atomic E-state index is 9.67. The van der Waals surface area contributed by atoms with E-state index >= 15 is 0 Å². The van der Waals surface area contributed by atoms with E-state index in [-0.39, 0.29) is 0 Å². The summed E-state index contributed by atoms with van der Waals surface area (Å²) in [6, 6.07) is 0. The van der Waals surface area contributed by atoms with Crippen LogP contribution in [0.3, 0.4) is 0 Å². The number of likely N-dealkylation sites (N-methyl/N-ethyl adjacent to an activating group) is 1. The highest BCUT2D eigenvalue weighted by Gasteiger charge is 2.09. The van der Waals surface area contributed by atoms with Gasteiger partial charge in [-0.25, -0.2) is 0 Å². The second-order valence-corrected chi connectivity index (χ2v) is 4.79. The van der Waals surface area contributed by atoms with Gasteiger partial charge >= 0.3 is 0 Å². The summed E-state index contributed by atoms with van der Waals surface area (Å²) >= 11 is 0. The van der Waals surface area contributed by atoms with Gasteiger partial charge in [0.15, 0.2) is 0 Å². The van der Waals surface area contributed by atoms with Gasteiger partial charge in [0.1, 0.15) is 12.5 Å². The lowest BCUT2D eigenvalue weighted by molar-refractivity contribution is 0.0120. The number of unbranched alkanes of at least 4 members (excludes halogenated alkanes) is 1. The fourth-order valence-corrected chi connectivity index (χ4v) is 1.73. The predicted molar refractivity (Wildman–Crippen MR) is 78.7 cm³/mol. The maximum atomic E-state index is 9.67. The van der Waals surface area contributed by atoms with E-state index in [0.29, 0.717) is 6.67 Å². The summed E-state index contributed by atoms with van der Waals surface area (Å²) in [4.78, 5) is 2.01. The van der Waals surface area contributed by atoms with Crippen LogP contribution in [0.25, 0.3) is 0 Å². The lowest BCUT2D eigenvalue weighted by Crippen LogP contribution is -2.42. The van der Waals surface area contributed by atoms with E-state index < -0.39 is 12.5 Å². The number of hydrogen-bond acceptors (Lipinski definition) is 6. The molecule has 0 aliphatic rings. The molecule has 0 amide bonds. The minimum Gasteiger partial charge on any atom is -0.379 e. The van der Waals surface area contributed by atoms with Crippen molar-refractivity contribution < 1.29 is 10.2 Å². The Kier molecular flexibility index (Phi) is 12.6. The summed E-state index contributed by atoms with van der Waals surface area (Å²) in [5, 5.41) is 28.3. The molecule has 0 fully saturated rings. The maximum Gasteiger partial charge on any atom is 0.105 e. The number of rotatable bonds is 13. The van der Waals surface area contributed by atoms with Crippen LogP contribution in [0.2, 0.25) is 0 Å². The largest absolute Gasteiger partial charge is 0.379 e. The van der Waals surface area contributed by atoms with Crippen molar-refractivity contribution in [2.45, 2.75) is 46.1 Å². The molecule has 0 aromatic carbocycles. The molecule has 6 heteroatoms. The van der Waals surface area contributed by atoms with E-state index in [0.717, 1.165) is 45.6 Å². The van der Waals surface area contributed by atoms with Gasteiger partial charge in [-0.3, -0.25) is 10.2 Å².